The Morgan fingerprint density at radius 2 is 1.84 bits per heavy atom. The summed E-state index contributed by atoms with van der Waals surface area (Å²) in [6.07, 6.45) is -0.632. The maximum Gasteiger partial charge on any atom is 0.408 e. The number of alkyl carbamates (subject to hydrolysis) is 1. The van der Waals surface area contributed by atoms with E-state index in [2.05, 4.69) is 10.1 Å². The Hall–Kier alpha value is -2.04. The molecule has 0 aromatic heterocycles. The molecule has 104 valence electrons. The predicted octanol–water partition coefficient (Wildman–Crippen LogP) is 2.28. The molecule has 0 radical (unpaired) electrons. The lowest BCUT2D eigenvalue weighted by Gasteiger charge is -2.17. The van der Waals surface area contributed by atoms with Crippen LogP contribution in [0, 0.1) is 5.92 Å². The van der Waals surface area contributed by atoms with Gasteiger partial charge in [0, 0.05) is 0 Å². The van der Waals surface area contributed by atoms with E-state index >= 15 is 0 Å². The fourth-order valence-electron chi connectivity index (χ4n) is 1.44. The molecule has 0 aliphatic carbocycles. The maximum atomic E-state index is 11.7. The number of hydrogen-bond donors (Lipinski definition) is 1. The summed E-state index contributed by atoms with van der Waals surface area (Å²) in [4.78, 5) is 23.3. The van der Waals surface area contributed by atoms with Crippen molar-refractivity contribution < 1.29 is 19.1 Å². The SMILES string of the molecule is COC(=O)C(NC(=O)OCC(C)C)c1ccccc1. The maximum absolute atomic E-state index is 11.7. The van der Waals surface area contributed by atoms with Crippen molar-refractivity contribution in [2.75, 3.05) is 13.7 Å². The second-order valence-corrected chi connectivity index (χ2v) is 4.50. The van der Waals surface area contributed by atoms with Gasteiger partial charge in [-0.2, -0.15) is 0 Å². The number of amides is 1. The molecule has 0 saturated heterocycles. The first kappa shape index (κ1) is 15.0. The number of rotatable bonds is 5. The molecular weight excluding hydrogens is 246 g/mol. The highest BCUT2D eigenvalue weighted by molar-refractivity contribution is 5.82. The minimum absolute atomic E-state index is 0.235. The zero-order valence-electron chi connectivity index (χ0n) is 11.4. The number of carbonyl (C=O) groups excluding carboxylic acids is 2. The highest BCUT2D eigenvalue weighted by Crippen LogP contribution is 2.14. The summed E-state index contributed by atoms with van der Waals surface area (Å²) in [7, 11) is 1.28. The van der Waals surface area contributed by atoms with Gasteiger partial charge in [0.05, 0.1) is 13.7 Å². The number of hydrogen-bond acceptors (Lipinski definition) is 4. The molecule has 5 heteroatoms. The Morgan fingerprint density at radius 1 is 1.21 bits per heavy atom. The summed E-state index contributed by atoms with van der Waals surface area (Å²) in [5, 5.41) is 2.50. The Balaban J connectivity index is 2.71. The number of carbonyl (C=O) groups is 2. The van der Waals surface area contributed by atoms with E-state index in [1.165, 1.54) is 7.11 Å². The van der Waals surface area contributed by atoms with Crippen molar-refractivity contribution in [3.63, 3.8) is 0 Å². The lowest BCUT2D eigenvalue weighted by molar-refractivity contribution is -0.143. The normalized spacial score (nSPS) is 11.8. The molecule has 0 aliphatic rings. The van der Waals surface area contributed by atoms with Crippen LogP contribution in [0.15, 0.2) is 30.3 Å². The van der Waals surface area contributed by atoms with Crippen molar-refractivity contribution in [2.45, 2.75) is 19.9 Å². The number of methoxy groups -OCH3 is 1. The molecule has 0 saturated carbocycles. The largest absolute Gasteiger partial charge is 0.467 e. The van der Waals surface area contributed by atoms with Crippen LogP contribution < -0.4 is 5.32 Å². The van der Waals surface area contributed by atoms with E-state index in [0.717, 1.165) is 0 Å². The molecule has 1 unspecified atom stereocenters. The second kappa shape index (κ2) is 7.41. The van der Waals surface area contributed by atoms with E-state index in [9.17, 15) is 9.59 Å². The molecule has 0 bridgehead atoms. The van der Waals surface area contributed by atoms with E-state index in [1.54, 1.807) is 24.3 Å². The van der Waals surface area contributed by atoms with Gasteiger partial charge in [-0.1, -0.05) is 44.2 Å². The van der Waals surface area contributed by atoms with Gasteiger partial charge in [0.25, 0.3) is 0 Å². The monoisotopic (exact) mass is 265 g/mol. The molecule has 0 fully saturated rings. The Morgan fingerprint density at radius 3 is 2.37 bits per heavy atom. The van der Waals surface area contributed by atoms with Crippen LogP contribution in [0.2, 0.25) is 0 Å². The quantitative estimate of drug-likeness (QED) is 0.829. The van der Waals surface area contributed by atoms with Gasteiger partial charge in [0.2, 0.25) is 0 Å². The highest BCUT2D eigenvalue weighted by atomic mass is 16.6. The van der Waals surface area contributed by atoms with Crippen molar-refractivity contribution in [2.24, 2.45) is 5.92 Å². The molecule has 0 heterocycles. The molecule has 1 amide bonds. The van der Waals surface area contributed by atoms with Gasteiger partial charge >= 0.3 is 12.1 Å². The minimum Gasteiger partial charge on any atom is -0.467 e. The van der Waals surface area contributed by atoms with E-state index in [0.29, 0.717) is 12.2 Å². The first-order valence-electron chi connectivity index (χ1n) is 6.10. The molecule has 1 N–H and O–H groups in total. The van der Waals surface area contributed by atoms with Gasteiger partial charge in [-0.15, -0.1) is 0 Å². The minimum atomic E-state index is -0.856. The smallest absolute Gasteiger partial charge is 0.408 e. The van der Waals surface area contributed by atoms with Crippen LogP contribution in [-0.2, 0) is 14.3 Å². The number of esters is 1. The standard InChI is InChI=1S/C14H19NO4/c1-10(2)9-19-14(17)15-12(13(16)18-3)11-7-5-4-6-8-11/h4-8,10,12H,9H2,1-3H3,(H,15,17). The number of ether oxygens (including phenoxy) is 2. The Labute approximate surface area is 112 Å². The fourth-order valence-corrected chi connectivity index (χ4v) is 1.44. The zero-order chi connectivity index (χ0) is 14.3. The van der Waals surface area contributed by atoms with Crippen molar-refractivity contribution in [3.8, 4) is 0 Å². The lowest BCUT2D eigenvalue weighted by Crippen LogP contribution is -2.35. The summed E-state index contributed by atoms with van der Waals surface area (Å²) < 4.78 is 9.68. The van der Waals surface area contributed by atoms with Crippen molar-refractivity contribution in [3.05, 3.63) is 35.9 Å². The molecule has 0 aliphatic heterocycles. The van der Waals surface area contributed by atoms with Gasteiger partial charge in [0.15, 0.2) is 6.04 Å². The first-order valence-corrected chi connectivity index (χ1v) is 6.10. The van der Waals surface area contributed by atoms with Crippen LogP contribution >= 0.6 is 0 Å². The van der Waals surface area contributed by atoms with Crippen molar-refractivity contribution >= 4 is 12.1 Å². The van der Waals surface area contributed by atoms with E-state index in [-0.39, 0.29) is 5.92 Å². The van der Waals surface area contributed by atoms with Crippen LogP contribution in [0.1, 0.15) is 25.5 Å². The van der Waals surface area contributed by atoms with Gasteiger partial charge in [-0.05, 0) is 11.5 Å². The number of nitrogens with one attached hydrogen (secondary N) is 1. The first-order chi connectivity index (χ1) is 9.04. The molecular formula is C14H19NO4. The molecule has 1 aromatic rings. The summed E-state index contributed by atoms with van der Waals surface area (Å²) in [5.41, 5.74) is 0.649. The van der Waals surface area contributed by atoms with Crippen LogP contribution in [-0.4, -0.2) is 25.8 Å². The van der Waals surface area contributed by atoms with E-state index in [1.807, 2.05) is 19.9 Å². The lowest BCUT2D eigenvalue weighted by atomic mass is 10.1. The molecule has 1 aromatic carbocycles. The average Bonchev–Trinajstić information content (AvgIpc) is 2.42. The zero-order valence-corrected chi connectivity index (χ0v) is 11.4. The van der Waals surface area contributed by atoms with Crippen LogP contribution in [0.3, 0.4) is 0 Å². The van der Waals surface area contributed by atoms with Crippen molar-refractivity contribution in [1.82, 2.24) is 5.32 Å². The summed E-state index contributed by atoms with van der Waals surface area (Å²) in [6.45, 7) is 4.17. The second-order valence-electron chi connectivity index (χ2n) is 4.50. The van der Waals surface area contributed by atoms with Gasteiger partial charge in [-0.25, -0.2) is 9.59 Å². The molecule has 5 nitrogen and oxygen atoms in total. The summed E-state index contributed by atoms with van der Waals surface area (Å²) in [5.74, 6) is -0.299. The van der Waals surface area contributed by atoms with E-state index < -0.39 is 18.1 Å². The van der Waals surface area contributed by atoms with Crippen LogP contribution in [0.4, 0.5) is 4.79 Å². The summed E-state index contributed by atoms with van der Waals surface area (Å²) >= 11 is 0. The average molecular weight is 265 g/mol. The van der Waals surface area contributed by atoms with Gasteiger partial charge < -0.3 is 14.8 Å². The molecule has 0 spiro atoms. The predicted molar refractivity (Wildman–Crippen MR) is 70.5 cm³/mol. The third-order valence-electron chi connectivity index (χ3n) is 2.38. The molecule has 1 rings (SSSR count). The Bertz CT molecular complexity index is 417. The fraction of sp³-hybridized carbons (Fsp3) is 0.429. The Kier molecular flexibility index (Phi) is 5.85. The van der Waals surface area contributed by atoms with Gasteiger partial charge in [0.1, 0.15) is 0 Å². The van der Waals surface area contributed by atoms with Crippen LogP contribution in [0.5, 0.6) is 0 Å². The highest BCUT2D eigenvalue weighted by Gasteiger charge is 2.23. The third kappa shape index (κ3) is 4.99. The van der Waals surface area contributed by atoms with E-state index in [4.69, 9.17) is 4.74 Å². The van der Waals surface area contributed by atoms with Crippen LogP contribution in [0.25, 0.3) is 0 Å². The summed E-state index contributed by atoms with van der Waals surface area (Å²) in [6, 6.07) is 8.02. The van der Waals surface area contributed by atoms with Crippen molar-refractivity contribution in [1.29, 1.82) is 0 Å². The van der Waals surface area contributed by atoms with Gasteiger partial charge in [-0.3, -0.25) is 0 Å². The topological polar surface area (TPSA) is 64.6 Å². The number of benzene rings is 1. The molecule has 1 atom stereocenters. The molecule has 19 heavy (non-hydrogen) atoms. The third-order valence-corrected chi connectivity index (χ3v) is 2.38.